The Morgan fingerprint density at radius 2 is 2.18 bits per heavy atom. The number of H-pyrrole nitrogens is 2. The fourth-order valence-electron chi connectivity index (χ4n) is 2.76. The van der Waals surface area contributed by atoms with Crippen molar-refractivity contribution in [1.82, 2.24) is 15.4 Å². The Hall–Kier alpha value is -2.33. The summed E-state index contributed by atoms with van der Waals surface area (Å²) in [5.74, 6) is -1.22. The van der Waals surface area contributed by atoms with Gasteiger partial charge in [0, 0.05) is 10.8 Å². The monoisotopic (exact) mass is 335 g/mol. The first-order chi connectivity index (χ1) is 10.6. The number of hydrogen-bond donors (Lipinski definition) is 3. The number of nitrogens with one attached hydrogen (secondary N) is 3. The zero-order valence-corrected chi connectivity index (χ0v) is 12.5. The molecule has 3 N–H and O–H groups in total. The predicted molar refractivity (Wildman–Crippen MR) is 79.3 cm³/mol. The molecule has 0 saturated heterocycles. The molecule has 0 saturated carbocycles. The molecule has 10 heteroatoms. The van der Waals surface area contributed by atoms with Crippen molar-refractivity contribution in [3.05, 3.63) is 43.1 Å². The van der Waals surface area contributed by atoms with E-state index < -0.39 is 18.1 Å². The Labute approximate surface area is 132 Å². The minimum Gasteiger partial charge on any atom is -0.450 e. The molecule has 3 unspecified atom stereocenters. The Morgan fingerprint density at radius 1 is 1.32 bits per heavy atom. The molecule has 0 radical (unpaired) electrons. The van der Waals surface area contributed by atoms with Crippen LogP contribution < -0.4 is 15.7 Å². The number of aromatic nitrogens is 2. The van der Waals surface area contributed by atoms with E-state index in [1.807, 2.05) is 17.5 Å². The Balaban J connectivity index is 2.00. The van der Waals surface area contributed by atoms with Crippen molar-refractivity contribution >= 4 is 29.5 Å². The highest BCUT2D eigenvalue weighted by atomic mass is 32.1. The summed E-state index contributed by atoms with van der Waals surface area (Å²) in [5, 5.41) is 9.37. The fourth-order valence-corrected chi connectivity index (χ4v) is 3.83. The lowest BCUT2D eigenvalue weighted by molar-refractivity contribution is -0.131. The molecule has 0 bridgehead atoms. The highest BCUT2D eigenvalue weighted by molar-refractivity contribution is 7.71. The van der Waals surface area contributed by atoms with Crippen LogP contribution in [0.5, 0.6) is 5.88 Å². The second-order valence-electron chi connectivity index (χ2n) is 4.87. The topological polar surface area (TPSA) is 112 Å². The number of carbonyl (C=O) groups excluding carboxylic acids is 1. The van der Waals surface area contributed by atoms with E-state index in [1.165, 1.54) is 11.3 Å². The van der Waals surface area contributed by atoms with Gasteiger partial charge in [0.15, 0.2) is 4.77 Å². The third-order valence-electron chi connectivity index (χ3n) is 3.64. The first-order valence-electron chi connectivity index (χ1n) is 6.41. The molecule has 2 aromatic heterocycles. The van der Waals surface area contributed by atoms with E-state index in [9.17, 15) is 9.59 Å². The molecule has 3 atom stereocenters. The van der Waals surface area contributed by atoms with Gasteiger partial charge in [-0.1, -0.05) is 11.3 Å². The molecular formula is C12H9N5O3S2. The molecule has 112 valence electrons. The third kappa shape index (κ3) is 1.91. The number of hydrogen-bond acceptors (Lipinski definition) is 7. The number of rotatable bonds is 1. The van der Waals surface area contributed by atoms with Gasteiger partial charge >= 0.3 is 0 Å². The van der Waals surface area contributed by atoms with Crippen molar-refractivity contribution in [2.75, 3.05) is 0 Å². The molecular weight excluding hydrogens is 326 g/mol. The van der Waals surface area contributed by atoms with Crippen LogP contribution in [-0.2, 0) is 4.79 Å². The SMILES string of the molecule is O=C1NN=NC2Oc3[nH]c(=S)[nH]c(=O)c3C(c3cccs3)C12. The van der Waals surface area contributed by atoms with E-state index in [0.717, 1.165) is 4.88 Å². The summed E-state index contributed by atoms with van der Waals surface area (Å²) in [5.41, 5.74) is 2.32. The van der Waals surface area contributed by atoms with E-state index in [-0.39, 0.29) is 22.1 Å². The largest absolute Gasteiger partial charge is 0.450 e. The molecule has 22 heavy (non-hydrogen) atoms. The van der Waals surface area contributed by atoms with E-state index >= 15 is 0 Å². The van der Waals surface area contributed by atoms with Crippen LogP contribution in [0.3, 0.4) is 0 Å². The van der Waals surface area contributed by atoms with E-state index in [4.69, 9.17) is 17.0 Å². The fraction of sp³-hybridized carbons (Fsp3) is 0.250. The second kappa shape index (κ2) is 4.85. The summed E-state index contributed by atoms with van der Waals surface area (Å²) >= 11 is 6.43. The van der Waals surface area contributed by atoms with Crippen LogP contribution in [0.25, 0.3) is 0 Å². The number of thiophene rings is 1. The highest BCUT2D eigenvalue weighted by Gasteiger charge is 2.48. The van der Waals surface area contributed by atoms with Gasteiger partial charge in [-0.2, -0.15) is 0 Å². The summed E-state index contributed by atoms with van der Waals surface area (Å²) in [6, 6.07) is 3.74. The first-order valence-corrected chi connectivity index (χ1v) is 7.70. The lowest BCUT2D eigenvalue weighted by Gasteiger charge is -2.35. The molecule has 1 amide bonds. The average Bonchev–Trinajstić information content (AvgIpc) is 2.99. The highest BCUT2D eigenvalue weighted by Crippen LogP contribution is 2.44. The zero-order chi connectivity index (χ0) is 15.3. The number of ether oxygens (including phenoxy) is 1. The zero-order valence-electron chi connectivity index (χ0n) is 10.9. The number of amides is 1. The van der Waals surface area contributed by atoms with Gasteiger partial charge in [-0.15, -0.1) is 16.5 Å². The summed E-state index contributed by atoms with van der Waals surface area (Å²) in [6.07, 6.45) is -0.791. The van der Waals surface area contributed by atoms with Gasteiger partial charge in [0.1, 0.15) is 5.92 Å². The summed E-state index contributed by atoms with van der Waals surface area (Å²) in [6.45, 7) is 0. The van der Waals surface area contributed by atoms with E-state index in [2.05, 4.69) is 25.7 Å². The normalized spacial score (nSPS) is 25.8. The minimum absolute atomic E-state index is 0.157. The van der Waals surface area contributed by atoms with Gasteiger partial charge in [0.05, 0.1) is 5.56 Å². The molecule has 4 rings (SSSR count). The van der Waals surface area contributed by atoms with Crippen LogP contribution >= 0.6 is 23.6 Å². The number of carbonyl (C=O) groups is 1. The summed E-state index contributed by atoms with van der Waals surface area (Å²) < 4.78 is 5.79. The van der Waals surface area contributed by atoms with Crippen LogP contribution in [0.4, 0.5) is 0 Å². The molecule has 0 fully saturated rings. The van der Waals surface area contributed by atoms with Crippen molar-refractivity contribution in [2.24, 2.45) is 16.3 Å². The number of nitrogens with zero attached hydrogens (tertiary/aromatic N) is 2. The standard InChI is InChI=1S/C12H9N5O3S2/c18-8-6-5(4-2-1-3-22-4)7-9(19)15-17-16-11(7)20-10(6)14-12(21)13-8/h1-3,5,7,11H,(H,15,16,19)(H2,13,14,18,21). The van der Waals surface area contributed by atoms with Gasteiger partial charge in [0.2, 0.25) is 12.1 Å². The van der Waals surface area contributed by atoms with Crippen molar-refractivity contribution < 1.29 is 9.53 Å². The maximum atomic E-state index is 12.4. The minimum atomic E-state index is -0.791. The van der Waals surface area contributed by atoms with Crippen molar-refractivity contribution in [1.29, 1.82) is 0 Å². The Morgan fingerprint density at radius 3 is 2.95 bits per heavy atom. The van der Waals surface area contributed by atoms with Crippen molar-refractivity contribution in [3.63, 3.8) is 0 Å². The maximum absolute atomic E-state index is 12.4. The molecule has 0 aliphatic carbocycles. The third-order valence-corrected chi connectivity index (χ3v) is 4.80. The molecule has 2 aliphatic rings. The molecule has 2 aromatic rings. The first kappa shape index (κ1) is 13.3. The van der Waals surface area contributed by atoms with Gasteiger partial charge < -0.3 is 9.72 Å². The lowest BCUT2D eigenvalue weighted by atomic mass is 9.82. The predicted octanol–water partition coefficient (Wildman–Crippen LogP) is 1.46. The smallest absolute Gasteiger partial charge is 0.259 e. The van der Waals surface area contributed by atoms with E-state index in [0.29, 0.717) is 5.56 Å². The van der Waals surface area contributed by atoms with Crippen LogP contribution in [-0.4, -0.2) is 22.1 Å². The van der Waals surface area contributed by atoms with Crippen LogP contribution in [0, 0.1) is 10.7 Å². The average molecular weight is 335 g/mol. The van der Waals surface area contributed by atoms with Crippen LogP contribution in [0.2, 0.25) is 0 Å². The second-order valence-corrected chi connectivity index (χ2v) is 6.26. The molecule has 0 spiro atoms. The molecule has 8 nitrogen and oxygen atoms in total. The van der Waals surface area contributed by atoms with Crippen LogP contribution in [0.15, 0.2) is 32.6 Å². The van der Waals surface area contributed by atoms with Gasteiger partial charge in [0.25, 0.3) is 11.5 Å². The van der Waals surface area contributed by atoms with Crippen LogP contribution in [0.1, 0.15) is 16.4 Å². The number of fused-ring (bicyclic) bond motifs is 2. The Kier molecular flexibility index (Phi) is 2.94. The molecule has 0 aromatic carbocycles. The van der Waals surface area contributed by atoms with Crippen molar-refractivity contribution in [2.45, 2.75) is 12.1 Å². The maximum Gasteiger partial charge on any atom is 0.259 e. The van der Waals surface area contributed by atoms with Gasteiger partial charge in [-0.05, 0) is 23.7 Å². The molecule has 4 heterocycles. The number of aromatic amines is 2. The molecule has 2 aliphatic heterocycles. The lowest BCUT2D eigenvalue weighted by Crippen LogP contribution is -2.48. The quantitative estimate of drug-likeness (QED) is 0.685. The Bertz CT molecular complexity index is 885. The van der Waals surface area contributed by atoms with Crippen molar-refractivity contribution in [3.8, 4) is 5.88 Å². The summed E-state index contributed by atoms with van der Waals surface area (Å²) in [7, 11) is 0. The van der Waals surface area contributed by atoms with Gasteiger partial charge in [-0.3, -0.25) is 14.6 Å². The summed E-state index contributed by atoms with van der Waals surface area (Å²) in [4.78, 5) is 30.8. The van der Waals surface area contributed by atoms with Gasteiger partial charge in [-0.25, -0.2) is 5.43 Å². The van der Waals surface area contributed by atoms with E-state index in [1.54, 1.807) is 0 Å².